The maximum atomic E-state index is 5.43. The van der Waals surface area contributed by atoms with E-state index in [4.69, 9.17) is 4.74 Å². The van der Waals surface area contributed by atoms with Crippen molar-refractivity contribution in [1.29, 1.82) is 0 Å². The number of anilines is 2. The van der Waals surface area contributed by atoms with Crippen LogP contribution in [0.3, 0.4) is 0 Å². The van der Waals surface area contributed by atoms with Crippen LogP contribution in [0.2, 0.25) is 0 Å². The van der Waals surface area contributed by atoms with Crippen LogP contribution >= 0.6 is 23.1 Å². The molecular weight excluding hydrogens is 350 g/mol. The van der Waals surface area contributed by atoms with Gasteiger partial charge < -0.3 is 10.1 Å². The quantitative estimate of drug-likeness (QED) is 0.559. The molecule has 0 atom stereocenters. The van der Waals surface area contributed by atoms with Crippen molar-refractivity contribution < 1.29 is 4.74 Å². The van der Waals surface area contributed by atoms with E-state index < -0.39 is 0 Å². The van der Waals surface area contributed by atoms with Crippen molar-refractivity contribution in [3.05, 3.63) is 59.2 Å². The lowest BCUT2D eigenvalue weighted by Gasteiger charge is -2.08. The van der Waals surface area contributed by atoms with Gasteiger partial charge in [0.15, 0.2) is 4.34 Å². The van der Waals surface area contributed by atoms with E-state index in [-0.39, 0.29) is 0 Å². The number of hydrogen-bond donors (Lipinski definition) is 1. The Hall–Kier alpha value is -2.05. The lowest BCUT2D eigenvalue weighted by molar-refractivity contribution is 0.411. The van der Waals surface area contributed by atoms with Crippen molar-refractivity contribution in [2.75, 3.05) is 12.4 Å². The summed E-state index contributed by atoms with van der Waals surface area (Å²) in [5, 5.41) is 12.6. The summed E-state index contributed by atoms with van der Waals surface area (Å²) in [6.07, 6.45) is 1.04. The molecule has 2 aromatic carbocycles. The number of nitrogens with one attached hydrogen (secondary N) is 1. The van der Waals surface area contributed by atoms with Gasteiger partial charge in [-0.3, -0.25) is 0 Å². The Morgan fingerprint density at radius 1 is 1.12 bits per heavy atom. The van der Waals surface area contributed by atoms with E-state index in [1.165, 1.54) is 16.7 Å². The Labute approximate surface area is 156 Å². The molecule has 3 aromatic rings. The molecule has 0 saturated heterocycles. The van der Waals surface area contributed by atoms with E-state index in [2.05, 4.69) is 65.8 Å². The first-order valence-corrected chi connectivity index (χ1v) is 9.94. The van der Waals surface area contributed by atoms with Crippen molar-refractivity contribution in [2.24, 2.45) is 0 Å². The highest BCUT2D eigenvalue weighted by molar-refractivity contribution is 8.00. The molecule has 0 fully saturated rings. The van der Waals surface area contributed by atoms with E-state index in [0.717, 1.165) is 33.1 Å². The molecule has 0 amide bonds. The Morgan fingerprint density at radius 2 is 1.92 bits per heavy atom. The molecule has 130 valence electrons. The molecule has 0 aliphatic heterocycles. The van der Waals surface area contributed by atoms with Crippen molar-refractivity contribution in [1.82, 2.24) is 10.2 Å². The monoisotopic (exact) mass is 371 g/mol. The number of thioether (sulfide) groups is 1. The van der Waals surface area contributed by atoms with E-state index in [1.54, 1.807) is 30.2 Å². The molecule has 0 radical (unpaired) electrons. The topological polar surface area (TPSA) is 47.0 Å². The largest absolute Gasteiger partial charge is 0.496 e. The molecule has 1 N–H and O–H groups in total. The third-order valence-electron chi connectivity index (χ3n) is 3.81. The first-order chi connectivity index (χ1) is 12.2. The van der Waals surface area contributed by atoms with Crippen LogP contribution in [0.25, 0.3) is 0 Å². The molecule has 0 unspecified atom stereocenters. The number of aromatic nitrogens is 2. The van der Waals surface area contributed by atoms with Gasteiger partial charge in [0.25, 0.3) is 0 Å². The lowest BCUT2D eigenvalue weighted by atomic mass is 10.1. The maximum Gasteiger partial charge on any atom is 0.210 e. The normalized spacial score (nSPS) is 10.7. The van der Waals surface area contributed by atoms with Gasteiger partial charge in [-0.25, -0.2) is 0 Å². The first-order valence-electron chi connectivity index (χ1n) is 8.13. The predicted octanol–water partition coefficient (Wildman–Crippen LogP) is 5.45. The second-order valence-corrected chi connectivity index (χ2v) is 7.85. The molecule has 0 bridgehead atoms. The maximum absolute atomic E-state index is 5.43. The van der Waals surface area contributed by atoms with Gasteiger partial charge in [0.05, 0.1) is 7.11 Å². The Bertz CT molecular complexity index is 831. The summed E-state index contributed by atoms with van der Waals surface area (Å²) in [5.41, 5.74) is 4.76. The second kappa shape index (κ2) is 8.36. The van der Waals surface area contributed by atoms with E-state index in [0.29, 0.717) is 0 Å². The number of hydrogen-bond acceptors (Lipinski definition) is 6. The van der Waals surface area contributed by atoms with Gasteiger partial charge in [-0.2, -0.15) is 0 Å². The van der Waals surface area contributed by atoms with Gasteiger partial charge in [0, 0.05) is 17.0 Å². The van der Waals surface area contributed by atoms with Gasteiger partial charge in [-0.15, -0.1) is 10.2 Å². The molecule has 0 saturated carbocycles. The third kappa shape index (κ3) is 4.74. The number of nitrogens with zero attached hydrogens (tertiary/aromatic N) is 2. The van der Waals surface area contributed by atoms with Gasteiger partial charge in [-0.1, -0.05) is 59.9 Å². The fourth-order valence-electron chi connectivity index (χ4n) is 2.43. The summed E-state index contributed by atoms with van der Waals surface area (Å²) in [6.45, 7) is 4.24. The molecule has 0 spiro atoms. The summed E-state index contributed by atoms with van der Waals surface area (Å²) >= 11 is 3.24. The number of methoxy groups -OCH3 is 1. The highest BCUT2D eigenvalue weighted by atomic mass is 32.2. The Kier molecular flexibility index (Phi) is 5.94. The minimum absolute atomic E-state index is 0.808. The first kappa shape index (κ1) is 17.8. The van der Waals surface area contributed by atoms with E-state index in [1.807, 2.05) is 6.07 Å². The van der Waals surface area contributed by atoms with Crippen molar-refractivity contribution in [3.63, 3.8) is 0 Å². The minimum Gasteiger partial charge on any atom is -0.496 e. The molecule has 25 heavy (non-hydrogen) atoms. The molecule has 4 nitrogen and oxygen atoms in total. The Morgan fingerprint density at radius 3 is 2.64 bits per heavy atom. The van der Waals surface area contributed by atoms with Crippen LogP contribution in [0.1, 0.15) is 23.6 Å². The predicted molar refractivity (Wildman–Crippen MR) is 106 cm³/mol. The zero-order chi connectivity index (χ0) is 17.6. The molecule has 0 aliphatic carbocycles. The SMILES string of the molecule is CCc1ccc(Nc2nnc(SCc3cc(C)ccc3OC)s2)cc1. The van der Waals surface area contributed by atoms with Crippen molar-refractivity contribution in [3.8, 4) is 5.75 Å². The summed E-state index contributed by atoms with van der Waals surface area (Å²) < 4.78 is 6.37. The fraction of sp³-hybridized carbons (Fsp3) is 0.263. The number of rotatable bonds is 7. The summed E-state index contributed by atoms with van der Waals surface area (Å²) in [6, 6.07) is 14.6. The van der Waals surface area contributed by atoms with Crippen LogP contribution in [-0.4, -0.2) is 17.3 Å². The number of benzene rings is 2. The standard InChI is InChI=1S/C19H21N3OS2/c1-4-14-6-8-16(9-7-14)20-18-21-22-19(25-18)24-12-15-11-13(2)5-10-17(15)23-3/h5-11H,4,12H2,1-3H3,(H,20,21). The van der Waals surface area contributed by atoms with E-state index >= 15 is 0 Å². The third-order valence-corrected chi connectivity index (χ3v) is 5.83. The van der Waals surface area contributed by atoms with Crippen LogP contribution in [0.15, 0.2) is 46.8 Å². The average molecular weight is 372 g/mol. The number of ether oxygens (including phenoxy) is 1. The molecule has 1 aromatic heterocycles. The zero-order valence-corrected chi connectivity index (χ0v) is 16.2. The van der Waals surface area contributed by atoms with Crippen LogP contribution in [-0.2, 0) is 12.2 Å². The van der Waals surface area contributed by atoms with Gasteiger partial charge in [-0.05, 0) is 37.1 Å². The smallest absolute Gasteiger partial charge is 0.210 e. The summed E-state index contributed by atoms with van der Waals surface area (Å²) in [7, 11) is 1.70. The van der Waals surface area contributed by atoms with Crippen LogP contribution in [0.4, 0.5) is 10.8 Å². The van der Waals surface area contributed by atoms with Gasteiger partial charge >= 0.3 is 0 Å². The highest BCUT2D eigenvalue weighted by Crippen LogP contribution is 2.32. The van der Waals surface area contributed by atoms with E-state index in [9.17, 15) is 0 Å². The molecule has 0 aliphatic rings. The molecule has 6 heteroatoms. The lowest BCUT2D eigenvalue weighted by Crippen LogP contribution is -1.91. The molecular formula is C19H21N3OS2. The number of aryl methyl sites for hydroxylation is 2. The van der Waals surface area contributed by atoms with Crippen molar-refractivity contribution in [2.45, 2.75) is 30.4 Å². The second-order valence-electron chi connectivity index (χ2n) is 5.65. The average Bonchev–Trinajstić information content (AvgIpc) is 3.08. The zero-order valence-electron chi connectivity index (χ0n) is 14.6. The highest BCUT2D eigenvalue weighted by Gasteiger charge is 2.08. The summed E-state index contributed by atoms with van der Waals surface area (Å²) in [5.74, 6) is 1.72. The summed E-state index contributed by atoms with van der Waals surface area (Å²) in [4.78, 5) is 0. The minimum atomic E-state index is 0.808. The molecule has 1 heterocycles. The van der Waals surface area contributed by atoms with Crippen LogP contribution in [0, 0.1) is 6.92 Å². The van der Waals surface area contributed by atoms with Gasteiger partial charge in [0.1, 0.15) is 5.75 Å². The molecule has 3 rings (SSSR count). The van der Waals surface area contributed by atoms with Crippen molar-refractivity contribution >= 4 is 33.9 Å². The van der Waals surface area contributed by atoms with Crippen LogP contribution in [0.5, 0.6) is 5.75 Å². The fourth-order valence-corrected chi connectivity index (χ4v) is 4.18. The van der Waals surface area contributed by atoms with Crippen LogP contribution < -0.4 is 10.1 Å². The van der Waals surface area contributed by atoms with Gasteiger partial charge in [0.2, 0.25) is 5.13 Å². The Balaban J connectivity index is 1.62.